The summed E-state index contributed by atoms with van der Waals surface area (Å²) < 4.78 is 0. The fraction of sp³-hybridized carbons (Fsp3) is 0.545. The summed E-state index contributed by atoms with van der Waals surface area (Å²) in [5.41, 5.74) is 3.73. The second-order valence-corrected chi connectivity index (χ2v) is 3.32. The largest absolute Gasteiger partial charge is 0.383 e. The molecule has 0 spiro atoms. The highest BCUT2D eigenvalue weighted by Gasteiger charge is 2.13. The molecule has 74 valence electrons. The van der Waals surface area contributed by atoms with Gasteiger partial charge in [0.15, 0.2) is 0 Å². The Morgan fingerprint density at radius 1 is 1.54 bits per heavy atom. The van der Waals surface area contributed by atoms with E-state index >= 15 is 0 Å². The van der Waals surface area contributed by atoms with Crippen LogP contribution >= 0.6 is 0 Å². The average Bonchev–Trinajstić information content (AvgIpc) is 2.05. The van der Waals surface area contributed by atoms with Crippen LogP contribution in [0.3, 0.4) is 0 Å². The second kappa shape index (κ2) is 6.53. The van der Waals surface area contributed by atoms with Crippen molar-refractivity contribution in [3.05, 3.63) is 30.7 Å². The molecular formula is C11H20N2. The molecule has 0 bridgehead atoms. The maximum absolute atomic E-state index is 3.98. The van der Waals surface area contributed by atoms with Crippen molar-refractivity contribution in [2.75, 3.05) is 13.6 Å². The van der Waals surface area contributed by atoms with Gasteiger partial charge in [-0.1, -0.05) is 27.0 Å². The number of nitrogens with one attached hydrogen (secondary N) is 2. The van der Waals surface area contributed by atoms with Crippen LogP contribution in [0.15, 0.2) is 30.7 Å². The first kappa shape index (κ1) is 12.0. The summed E-state index contributed by atoms with van der Waals surface area (Å²) in [6, 6.07) is 0.318. The molecule has 0 saturated heterocycles. The maximum atomic E-state index is 3.98. The molecule has 0 saturated carbocycles. The standard InChI is InChI=1S/C11H20N2/c1-6-7-8-13-10(4)11(12-5)9(2)3/h7,9,11-13H,1,4,8H2,2-3,5H3. The summed E-state index contributed by atoms with van der Waals surface area (Å²) in [4.78, 5) is 0. The Balaban J connectivity index is 3.98. The highest BCUT2D eigenvalue weighted by Crippen LogP contribution is 2.06. The van der Waals surface area contributed by atoms with E-state index in [0.29, 0.717) is 12.0 Å². The summed E-state index contributed by atoms with van der Waals surface area (Å²) in [6.07, 6.45) is 1.85. The van der Waals surface area contributed by atoms with E-state index in [0.717, 1.165) is 12.2 Å². The van der Waals surface area contributed by atoms with Gasteiger partial charge in [-0.25, -0.2) is 0 Å². The van der Waals surface area contributed by atoms with Crippen molar-refractivity contribution in [1.29, 1.82) is 0 Å². The molecule has 0 heterocycles. The van der Waals surface area contributed by atoms with Crippen molar-refractivity contribution >= 4 is 0 Å². The zero-order valence-corrected chi connectivity index (χ0v) is 8.85. The molecule has 1 atom stereocenters. The van der Waals surface area contributed by atoms with Gasteiger partial charge in [-0.05, 0) is 19.0 Å². The number of likely N-dealkylation sites (N-methyl/N-ethyl adjacent to an activating group) is 1. The zero-order valence-electron chi connectivity index (χ0n) is 8.85. The van der Waals surface area contributed by atoms with Gasteiger partial charge in [-0.2, -0.15) is 0 Å². The molecule has 0 aliphatic carbocycles. The molecule has 0 aliphatic heterocycles. The molecular weight excluding hydrogens is 160 g/mol. The highest BCUT2D eigenvalue weighted by atomic mass is 15.0. The molecule has 0 aromatic carbocycles. The third kappa shape index (κ3) is 4.56. The summed E-state index contributed by atoms with van der Waals surface area (Å²) >= 11 is 0. The Hall–Kier alpha value is -0.980. The lowest BCUT2D eigenvalue weighted by molar-refractivity contribution is 0.460. The minimum absolute atomic E-state index is 0.318. The van der Waals surface area contributed by atoms with Gasteiger partial charge in [0.05, 0.1) is 0 Å². The highest BCUT2D eigenvalue weighted by molar-refractivity contribution is 5.05. The van der Waals surface area contributed by atoms with Gasteiger partial charge >= 0.3 is 0 Å². The molecule has 1 unspecified atom stereocenters. The molecule has 0 fully saturated rings. The molecule has 0 aromatic heterocycles. The van der Waals surface area contributed by atoms with E-state index in [1.807, 2.05) is 13.1 Å². The van der Waals surface area contributed by atoms with Gasteiger partial charge in [0.25, 0.3) is 0 Å². The summed E-state index contributed by atoms with van der Waals surface area (Å²) in [5, 5.41) is 6.42. The monoisotopic (exact) mass is 180 g/mol. The minimum Gasteiger partial charge on any atom is -0.383 e. The minimum atomic E-state index is 0.318. The smallest absolute Gasteiger partial charge is 0.0484 e. The van der Waals surface area contributed by atoms with Crippen LogP contribution < -0.4 is 10.6 Å². The molecule has 13 heavy (non-hydrogen) atoms. The Kier molecular flexibility index (Phi) is 6.03. The number of hydrogen-bond acceptors (Lipinski definition) is 2. The number of hydrogen-bond donors (Lipinski definition) is 2. The van der Waals surface area contributed by atoms with Crippen LogP contribution in [0.25, 0.3) is 0 Å². The lowest BCUT2D eigenvalue weighted by atomic mass is 10.0. The lowest BCUT2D eigenvalue weighted by Crippen LogP contribution is -2.37. The fourth-order valence-corrected chi connectivity index (χ4v) is 1.27. The van der Waals surface area contributed by atoms with Gasteiger partial charge in [-0.3, -0.25) is 0 Å². The topological polar surface area (TPSA) is 24.1 Å². The molecule has 2 nitrogen and oxygen atoms in total. The van der Waals surface area contributed by atoms with Crippen molar-refractivity contribution in [1.82, 2.24) is 10.6 Å². The SMILES string of the molecule is C=C=CCNC(=C)C(NC)C(C)C. The van der Waals surface area contributed by atoms with Crippen molar-refractivity contribution in [3.63, 3.8) is 0 Å². The number of rotatable bonds is 6. The Morgan fingerprint density at radius 3 is 2.54 bits per heavy atom. The second-order valence-electron chi connectivity index (χ2n) is 3.32. The lowest BCUT2D eigenvalue weighted by Gasteiger charge is -2.23. The normalized spacial score (nSPS) is 12.0. The average molecular weight is 180 g/mol. The molecule has 0 rings (SSSR count). The van der Waals surface area contributed by atoms with Gasteiger partial charge in [-0.15, -0.1) is 5.73 Å². The molecule has 0 radical (unpaired) electrons. The fourth-order valence-electron chi connectivity index (χ4n) is 1.27. The molecule has 0 aliphatic rings. The molecule has 0 amide bonds. The van der Waals surface area contributed by atoms with Crippen LogP contribution in [0.1, 0.15) is 13.8 Å². The predicted octanol–water partition coefficient (Wildman–Crippen LogP) is 1.67. The predicted molar refractivity (Wildman–Crippen MR) is 58.5 cm³/mol. The van der Waals surface area contributed by atoms with Crippen LogP contribution in [0.5, 0.6) is 0 Å². The van der Waals surface area contributed by atoms with E-state index in [2.05, 4.69) is 43.4 Å². The van der Waals surface area contributed by atoms with E-state index in [1.54, 1.807) is 0 Å². The summed E-state index contributed by atoms with van der Waals surface area (Å²) in [6.45, 7) is 12.5. The van der Waals surface area contributed by atoms with Crippen LogP contribution in [0.2, 0.25) is 0 Å². The van der Waals surface area contributed by atoms with Crippen molar-refractivity contribution < 1.29 is 0 Å². The molecule has 2 N–H and O–H groups in total. The van der Waals surface area contributed by atoms with Crippen LogP contribution in [-0.2, 0) is 0 Å². The summed E-state index contributed by atoms with van der Waals surface area (Å²) in [5.74, 6) is 0.540. The maximum Gasteiger partial charge on any atom is 0.0484 e. The van der Waals surface area contributed by atoms with E-state index in [9.17, 15) is 0 Å². The van der Waals surface area contributed by atoms with Gasteiger partial charge in [0.1, 0.15) is 0 Å². The van der Waals surface area contributed by atoms with Gasteiger partial charge in [0.2, 0.25) is 0 Å². The third-order valence-corrected chi connectivity index (χ3v) is 1.93. The van der Waals surface area contributed by atoms with Gasteiger partial charge in [0, 0.05) is 18.3 Å². The van der Waals surface area contributed by atoms with E-state index in [-0.39, 0.29) is 0 Å². The Bertz CT molecular complexity index is 200. The Labute approximate surface area is 81.4 Å². The van der Waals surface area contributed by atoms with Crippen molar-refractivity contribution in [2.45, 2.75) is 19.9 Å². The van der Waals surface area contributed by atoms with Crippen LogP contribution in [0, 0.1) is 5.92 Å². The van der Waals surface area contributed by atoms with Gasteiger partial charge < -0.3 is 10.6 Å². The van der Waals surface area contributed by atoms with E-state index in [4.69, 9.17) is 0 Å². The van der Waals surface area contributed by atoms with Crippen LogP contribution in [-0.4, -0.2) is 19.6 Å². The van der Waals surface area contributed by atoms with Crippen molar-refractivity contribution in [2.24, 2.45) is 5.92 Å². The zero-order chi connectivity index (χ0) is 10.3. The first-order chi connectivity index (χ1) is 6.13. The van der Waals surface area contributed by atoms with E-state index in [1.165, 1.54) is 0 Å². The Morgan fingerprint density at radius 2 is 2.15 bits per heavy atom. The quantitative estimate of drug-likeness (QED) is 0.608. The van der Waals surface area contributed by atoms with E-state index < -0.39 is 0 Å². The third-order valence-electron chi connectivity index (χ3n) is 1.93. The van der Waals surface area contributed by atoms with Crippen LogP contribution in [0.4, 0.5) is 0 Å². The summed E-state index contributed by atoms with van der Waals surface area (Å²) in [7, 11) is 1.95. The first-order valence-corrected chi connectivity index (χ1v) is 4.57. The first-order valence-electron chi connectivity index (χ1n) is 4.57. The molecule has 0 aromatic rings. The van der Waals surface area contributed by atoms with Crippen molar-refractivity contribution in [3.8, 4) is 0 Å². The molecule has 2 heteroatoms.